The van der Waals surface area contributed by atoms with Crippen LogP contribution in [0.25, 0.3) is 0 Å². The second kappa shape index (κ2) is 3.59. The fraction of sp³-hybridized carbons (Fsp3) is 0.800. The number of carboxylic acids is 1. The Balaban J connectivity index is 2.05. The van der Waals surface area contributed by atoms with E-state index in [2.05, 4.69) is 0 Å². The fourth-order valence-corrected chi connectivity index (χ4v) is 2.02. The normalized spacial score (nSPS) is 27.4. The van der Waals surface area contributed by atoms with E-state index in [-0.39, 0.29) is 11.8 Å². The van der Waals surface area contributed by atoms with E-state index in [4.69, 9.17) is 5.11 Å². The quantitative estimate of drug-likeness (QED) is 0.714. The molecule has 0 bridgehead atoms. The van der Waals surface area contributed by atoms with E-state index < -0.39 is 12.0 Å². The van der Waals surface area contributed by atoms with Crippen LogP contribution < -0.4 is 0 Å². The zero-order valence-electron chi connectivity index (χ0n) is 8.11. The van der Waals surface area contributed by atoms with Crippen LogP contribution in [-0.4, -0.2) is 34.5 Å². The fourth-order valence-electron chi connectivity index (χ4n) is 2.02. The topological polar surface area (TPSA) is 57.6 Å². The lowest BCUT2D eigenvalue weighted by atomic mass is 10.0. The van der Waals surface area contributed by atoms with Gasteiger partial charge in [-0.25, -0.2) is 4.79 Å². The Morgan fingerprint density at radius 3 is 2.43 bits per heavy atom. The number of nitrogens with zero attached hydrogens (tertiary/aromatic N) is 1. The van der Waals surface area contributed by atoms with Crippen molar-refractivity contribution < 1.29 is 14.7 Å². The first kappa shape index (κ1) is 9.49. The molecule has 2 rings (SSSR count). The van der Waals surface area contributed by atoms with Gasteiger partial charge in [0.15, 0.2) is 0 Å². The number of carboxylic acid groups (broad SMARTS) is 1. The van der Waals surface area contributed by atoms with Crippen LogP contribution in [0.5, 0.6) is 0 Å². The van der Waals surface area contributed by atoms with Crippen LogP contribution in [0.15, 0.2) is 0 Å². The molecule has 1 N–H and O–H groups in total. The Labute approximate surface area is 82.9 Å². The van der Waals surface area contributed by atoms with Crippen LogP contribution in [0.4, 0.5) is 0 Å². The highest BCUT2D eigenvalue weighted by molar-refractivity contribution is 5.86. The summed E-state index contributed by atoms with van der Waals surface area (Å²) in [5.74, 6) is -0.647. The molecule has 0 radical (unpaired) electrons. The van der Waals surface area contributed by atoms with E-state index in [0.29, 0.717) is 13.0 Å². The Hall–Kier alpha value is -1.06. The van der Waals surface area contributed by atoms with E-state index in [9.17, 15) is 9.59 Å². The molecule has 1 unspecified atom stereocenters. The van der Waals surface area contributed by atoms with Crippen molar-refractivity contribution in [2.75, 3.05) is 6.54 Å². The third-order valence-corrected chi connectivity index (χ3v) is 3.00. The first-order valence-corrected chi connectivity index (χ1v) is 5.23. The van der Waals surface area contributed by atoms with Gasteiger partial charge in [-0.15, -0.1) is 0 Å². The molecule has 14 heavy (non-hydrogen) atoms. The number of hydrogen-bond donors (Lipinski definition) is 1. The predicted molar refractivity (Wildman–Crippen MR) is 49.7 cm³/mol. The maximum atomic E-state index is 11.7. The number of piperidine rings is 1. The maximum Gasteiger partial charge on any atom is 0.326 e. The Bertz CT molecular complexity index is 260. The molecule has 0 spiro atoms. The van der Waals surface area contributed by atoms with Crippen LogP contribution in [-0.2, 0) is 9.59 Å². The van der Waals surface area contributed by atoms with Gasteiger partial charge < -0.3 is 10.0 Å². The molecule has 1 saturated carbocycles. The molecule has 1 atom stereocenters. The smallest absolute Gasteiger partial charge is 0.326 e. The predicted octanol–water partition coefficient (Wildman–Crippen LogP) is 0.862. The van der Waals surface area contributed by atoms with Gasteiger partial charge in [0, 0.05) is 12.5 Å². The van der Waals surface area contributed by atoms with Gasteiger partial charge >= 0.3 is 5.97 Å². The molecule has 0 aromatic heterocycles. The van der Waals surface area contributed by atoms with Crippen LogP contribution in [0.3, 0.4) is 0 Å². The molecule has 4 heteroatoms. The molecule has 2 aliphatic rings. The van der Waals surface area contributed by atoms with Crippen molar-refractivity contribution >= 4 is 11.9 Å². The molecular weight excluding hydrogens is 182 g/mol. The van der Waals surface area contributed by atoms with Crippen molar-refractivity contribution in [1.29, 1.82) is 0 Å². The minimum Gasteiger partial charge on any atom is -0.480 e. The third-order valence-electron chi connectivity index (χ3n) is 3.00. The number of likely N-dealkylation sites (tertiary alicyclic amines) is 1. The van der Waals surface area contributed by atoms with Gasteiger partial charge in [0.25, 0.3) is 0 Å². The van der Waals surface area contributed by atoms with Gasteiger partial charge in [-0.3, -0.25) is 4.79 Å². The summed E-state index contributed by atoms with van der Waals surface area (Å²) in [5, 5.41) is 8.97. The van der Waals surface area contributed by atoms with Gasteiger partial charge in [0.05, 0.1) is 0 Å². The van der Waals surface area contributed by atoms with Crippen LogP contribution >= 0.6 is 0 Å². The minimum atomic E-state index is -0.848. The van der Waals surface area contributed by atoms with Crippen LogP contribution in [0.2, 0.25) is 0 Å². The van der Waals surface area contributed by atoms with Gasteiger partial charge in [0.2, 0.25) is 5.91 Å². The third kappa shape index (κ3) is 1.74. The molecule has 78 valence electrons. The van der Waals surface area contributed by atoms with Crippen LogP contribution in [0, 0.1) is 5.92 Å². The van der Waals surface area contributed by atoms with Gasteiger partial charge in [-0.05, 0) is 32.1 Å². The molecular formula is C10H15NO3. The van der Waals surface area contributed by atoms with Crippen molar-refractivity contribution in [2.24, 2.45) is 5.92 Å². The lowest BCUT2D eigenvalue weighted by molar-refractivity contribution is -0.152. The van der Waals surface area contributed by atoms with Gasteiger partial charge in [-0.1, -0.05) is 0 Å². The number of rotatable bonds is 2. The van der Waals surface area contributed by atoms with E-state index >= 15 is 0 Å². The molecule has 1 aliphatic heterocycles. The molecule has 0 aromatic carbocycles. The van der Waals surface area contributed by atoms with Crippen molar-refractivity contribution in [1.82, 2.24) is 4.90 Å². The summed E-state index contributed by atoms with van der Waals surface area (Å²) >= 11 is 0. The van der Waals surface area contributed by atoms with E-state index in [1.807, 2.05) is 0 Å². The first-order valence-electron chi connectivity index (χ1n) is 5.23. The van der Waals surface area contributed by atoms with Crippen molar-refractivity contribution in [3.63, 3.8) is 0 Å². The zero-order valence-corrected chi connectivity index (χ0v) is 8.11. The first-order chi connectivity index (χ1) is 6.70. The monoisotopic (exact) mass is 197 g/mol. The minimum absolute atomic E-state index is 0.0668. The second-order valence-corrected chi connectivity index (χ2v) is 4.16. The number of aliphatic carboxylic acids is 1. The average molecular weight is 197 g/mol. The Morgan fingerprint density at radius 2 is 1.86 bits per heavy atom. The largest absolute Gasteiger partial charge is 0.480 e. The molecule has 1 amide bonds. The molecule has 4 nitrogen and oxygen atoms in total. The summed E-state index contributed by atoms with van der Waals surface area (Å²) in [7, 11) is 0. The highest BCUT2D eigenvalue weighted by Crippen LogP contribution is 2.33. The van der Waals surface area contributed by atoms with Crippen LogP contribution in [0.1, 0.15) is 32.1 Å². The second-order valence-electron chi connectivity index (χ2n) is 4.16. The van der Waals surface area contributed by atoms with E-state index in [1.54, 1.807) is 4.90 Å². The lowest BCUT2D eigenvalue weighted by Gasteiger charge is -2.33. The lowest BCUT2D eigenvalue weighted by Crippen LogP contribution is -2.48. The highest BCUT2D eigenvalue weighted by Gasteiger charge is 2.39. The summed E-state index contributed by atoms with van der Waals surface area (Å²) in [6.07, 6.45) is 4.38. The van der Waals surface area contributed by atoms with Gasteiger partial charge in [0.1, 0.15) is 6.04 Å². The highest BCUT2D eigenvalue weighted by atomic mass is 16.4. The van der Waals surface area contributed by atoms with E-state index in [1.165, 1.54) is 0 Å². The average Bonchev–Trinajstić information content (AvgIpc) is 3.00. The van der Waals surface area contributed by atoms with E-state index in [0.717, 1.165) is 25.7 Å². The number of amides is 1. The number of carbonyl (C=O) groups is 2. The van der Waals surface area contributed by atoms with Crippen molar-refractivity contribution in [2.45, 2.75) is 38.1 Å². The SMILES string of the molecule is O=C(O)C1CCCCN1C(=O)C1CC1. The molecule has 1 heterocycles. The summed E-state index contributed by atoms with van der Waals surface area (Å²) in [6, 6.07) is -0.558. The summed E-state index contributed by atoms with van der Waals surface area (Å²) < 4.78 is 0. The zero-order chi connectivity index (χ0) is 10.1. The Morgan fingerprint density at radius 1 is 1.14 bits per heavy atom. The summed E-state index contributed by atoms with van der Waals surface area (Å²) in [6.45, 7) is 0.631. The van der Waals surface area contributed by atoms with Crippen molar-refractivity contribution in [3.05, 3.63) is 0 Å². The number of carbonyl (C=O) groups excluding carboxylic acids is 1. The summed E-state index contributed by atoms with van der Waals surface area (Å²) in [4.78, 5) is 24.2. The standard InChI is InChI=1S/C10H15NO3/c12-9(7-4-5-7)11-6-2-1-3-8(11)10(13)14/h7-8H,1-6H2,(H,13,14). The van der Waals surface area contributed by atoms with Gasteiger partial charge in [-0.2, -0.15) is 0 Å². The molecule has 2 fully saturated rings. The maximum absolute atomic E-state index is 11.7. The number of hydrogen-bond acceptors (Lipinski definition) is 2. The van der Waals surface area contributed by atoms with Crippen molar-refractivity contribution in [3.8, 4) is 0 Å². The Kier molecular flexibility index (Phi) is 2.44. The molecule has 1 aliphatic carbocycles. The summed E-state index contributed by atoms with van der Waals surface area (Å²) in [5.41, 5.74) is 0. The molecule has 0 aromatic rings. The molecule has 1 saturated heterocycles.